The fourth-order valence-corrected chi connectivity index (χ4v) is 6.30. The van der Waals surface area contributed by atoms with Crippen molar-refractivity contribution < 1.29 is 27.1 Å². The molecule has 0 fully saturated rings. The summed E-state index contributed by atoms with van der Waals surface area (Å²) in [6.07, 6.45) is 0.850. The van der Waals surface area contributed by atoms with Crippen molar-refractivity contribution in [1.29, 1.82) is 0 Å². The fourth-order valence-electron chi connectivity index (χ4n) is 4.85. The number of amides is 2. The number of methoxy groups -OCH3 is 1. The Bertz CT molecular complexity index is 1670. The van der Waals surface area contributed by atoms with E-state index in [0.717, 1.165) is 9.87 Å². The van der Waals surface area contributed by atoms with E-state index in [1.54, 1.807) is 54.6 Å². The molecule has 2 amide bonds. The molecule has 0 radical (unpaired) electrons. The number of halogens is 1. The highest BCUT2D eigenvalue weighted by molar-refractivity contribution is 7.92. The van der Waals surface area contributed by atoms with Crippen LogP contribution < -0.4 is 14.4 Å². The van der Waals surface area contributed by atoms with E-state index < -0.39 is 34.3 Å². The second-order valence-corrected chi connectivity index (χ2v) is 12.5. The van der Waals surface area contributed by atoms with Crippen LogP contribution in [0, 0.1) is 5.82 Å². The highest BCUT2D eigenvalue weighted by Gasteiger charge is 2.35. The smallest absolute Gasteiger partial charge is 0.264 e. The summed E-state index contributed by atoms with van der Waals surface area (Å²) >= 11 is 0. The number of sulfonamides is 1. The third kappa shape index (κ3) is 8.48. The summed E-state index contributed by atoms with van der Waals surface area (Å²) < 4.78 is 48.6. The quantitative estimate of drug-likeness (QED) is 0.196. The van der Waals surface area contributed by atoms with E-state index in [9.17, 15) is 22.4 Å². The second kappa shape index (κ2) is 15.3. The van der Waals surface area contributed by atoms with Crippen LogP contribution in [0.1, 0.15) is 31.4 Å². The van der Waals surface area contributed by atoms with Crippen molar-refractivity contribution in [3.63, 3.8) is 0 Å². The first kappa shape index (κ1) is 33.2. The molecule has 0 aliphatic rings. The highest BCUT2D eigenvalue weighted by atomic mass is 32.2. The number of ether oxygens (including phenoxy) is 1. The molecule has 10 heteroatoms. The van der Waals surface area contributed by atoms with Gasteiger partial charge in [0, 0.05) is 19.0 Å². The fraction of sp³-hybridized carbons (Fsp3) is 0.257. The molecular weight excluding hydrogens is 593 g/mol. The summed E-state index contributed by atoms with van der Waals surface area (Å²) in [7, 11) is -2.85. The monoisotopic (exact) mass is 631 g/mol. The van der Waals surface area contributed by atoms with Gasteiger partial charge in [-0.05, 0) is 60.9 Å². The minimum Gasteiger partial charge on any atom is -0.495 e. The first-order chi connectivity index (χ1) is 21.6. The summed E-state index contributed by atoms with van der Waals surface area (Å²) in [5.41, 5.74) is 1.56. The van der Waals surface area contributed by atoms with E-state index >= 15 is 0 Å². The average molecular weight is 632 g/mol. The lowest BCUT2D eigenvalue weighted by Gasteiger charge is -2.34. The first-order valence-corrected chi connectivity index (χ1v) is 16.2. The SMILES string of the molecule is CC[C@@H](C)NC(=O)[C@H](Cc1ccccc1)N(Cc1ccc(F)cc1)C(=O)CN(c1ccccc1OC)S(=O)(=O)c1ccccc1. The number of anilines is 1. The van der Waals surface area contributed by atoms with Crippen molar-refractivity contribution in [2.24, 2.45) is 0 Å². The number of para-hydroxylation sites is 2. The minimum absolute atomic E-state index is 0.0101. The maximum Gasteiger partial charge on any atom is 0.264 e. The molecular formula is C35H38FN3O5S. The summed E-state index contributed by atoms with van der Waals surface area (Å²) in [5.74, 6) is -1.18. The number of nitrogens with zero attached hydrogens (tertiary/aromatic N) is 2. The number of carbonyl (C=O) groups excluding carboxylic acids is 2. The molecule has 45 heavy (non-hydrogen) atoms. The van der Waals surface area contributed by atoms with E-state index in [-0.39, 0.29) is 41.2 Å². The maximum absolute atomic E-state index is 14.5. The van der Waals surface area contributed by atoms with Crippen LogP contribution in [-0.2, 0) is 32.6 Å². The van der Waals surface area contributed by atoms with E-state index in [1.807, 2.05) is 44.2 Å². The molecule has 0 heterocycles. The van der Waals surface area contributed by atoms with Crippen LogP contribution in [0.15, 0.2) is 114 Å². The number of carbonyl (C=O) groups is 2. The molecule has 0 aliphatic heterocycles. The zero-order chi connectivity index (χ0) is 32.4. The predicted molar refractivity (Wildman–Crippen MR) is 173 cm³/mol. The summed E-state index contributed by atoms with van der Waals surface area (Å²) in [5, 5.41) is 2.99. The maximum atomic E-state index is 14.5. The largest absolute Gasteiger partial charge is 0.495 e. The lowest BCUT2D eigenvalue weighted by molar-refractivity contribution is -0.140. The van der Waals surface area contributed by atoms with Crippen molar-refractivity contribution in [2.45, 2.75) is 50.2 Å². The van der Waals surface area contributed by atoms with Crippen LogP contribution in [0.2, 0.25) is 0 Å². The van der Waals surface area contributed by atoms with E-state index in [0.29, 0.717) is 12.0 Å². The Labute approximate surface area is 264 Å². The van der Waals surface area contributed by atoms with E-state index in [2.05, 4.69) is 5.32 Å². The van der Waals surface area contributed by atoms with Gasteiger partial charge in [-0.1, -0.05) is 79.7 Å². The minimum atomic E-state index is -4.27. The molecule has 0 saturated carbocycles. The summed E-state index contributed by atoms with van der Waals surface area (Å²) in [6.45, 7) is 3.13. The van der Waals surface area contributed by atoms with Gasteiger partial charge in [0.05, 0.1) is 17.7 Å². The van der Waals surface area contributed by atoms with Crippen LogP contribution in [0.3, 0.4) is 0 Å². The Morgan fingerprint density at radius 3 is 2.07 bits per heavy atom. The van der Waals surface area contributed by atoms with Crippen molar-refractivity contribution >= 4 is 27.5 Å². The zero-order valence-electron chi connectivity index (χ0n) is 25.6. The molecule has 4 rings (SSSR count). The van der Waals surface area contributed by atoms with Gasteiger partial charge < -0.3 is 15.0 Å². The molecule has 1 N–H and O–H groups in total. The van der Waals surface area contributed by atoms with Crippen LogP contribution in [-0.4, -0.2) is 50.9 Å². The van der Waals surface area contributed by atoms with Crippen molar-refractivity contribution in [3.05, 3.63) is 126 Å². The Kier molecular flexibility index (Phi) is 11.3. The third-order valence-electron chi connectivity index (χ3n) is 7.50. The number of hydrogen-bond donors (Lipinski definition) is 1. The molecule has 4 aromatic rings. The third-order valence-corrected chi connectivity index (χ3v) is 9.28. The number of benzene rings is 4. The average Bonchev–Trinajstić information content (AvgIpc) is 3.06. The van der Waals surface area contributed by atoms with Gasteiger partial charge in [0.1, 0.15) is 24.2 Å². The van der Waals surface area contributed by atoms with Gasteiger partial charge in [-0.25, -0.2) is 12.8 Å². The Hall–Kier alpha value is -4.70. The molecule has 0 saturated heterocycles. The van der Waals surface area contributed by atoms with Gasteiger partial charge in [-0.15, -0.1) is 0 Å². The van der Waals surface area contributed by atoms with Gasteiger partial charge in [0.15, 0.2) is 0 Å². The summed E-state index contributed by atoms with van der Waals surface area (Å²) in [4.78, 5) is 29.7. The standard InChI is InChI=1S/C35H38FN3O5S/c1-4-26(2)37-35(41)32(23-27-13-7-5-8-14-27)38(24-28-19-21-29(36)22-20-28)34(40)25-39(31-17-11-12-18-33(31)44-3)45(42,43)30-15-9-6-10-16-30/h5-22,26,32H,4,23-25H2,1-3H3,(H,37,41)/t26-,32+/m1/s1. The Morgan fingerprint density at radius 2 is 1.44 bits per heavy atom. The number of nitrogens with one attached hydrogen (secondary N) is 1. The molecule has 0 aromatic heterocycles. The van der Waals surface area contributed by atoms with Gasteiger partial charge in [-0.3, -0.25) is 13.9 Å². The van der Waals surface area contributed by atoms with Crippen LogP contribution in [0.4, 0.5) is 10.1 Å². The Morgan fingerprint density at radius 1 is 0.844 bits per heavy atom. The number of rotatable bonds is 14. The van der Waals surface area contributed by atoms with Gasteiger partial charge in [0.2, 0.25) is 11.8 Å². The molecule has 4 aromatic carbocycles. The first-order valence-electron chi connectivity index (χ1n) is 14.7. The molecule has 236 valence electrons. The Balaban J connectivity index is 1.82. The van der Waals surface area contributed by atoms with Gasteiger partial charge in [-0.2, -0.15) is 0 Å². The molecule has 8 nitrogen and oxygen atoms in total. The molecule has 0 aliphatic carbocycles. The molecule has 2 atom stereocenters. The second-order valence-electron chi connectivity index (χ2n) is 10.7. The summed E-state index contributed by atoms with van der Waals surface area (Å²) in [6, 6.07) is 28.1. The van der Waals surface area contributed by atoms with E-state index in [1.165, 1.54) is 36.3 Å². The lowest BCUT2D eigenvalue weighted by atomic mass is 10.0. The molecule has 0 unspecified atom stereocenters. The highest BCUT2D eigenvalue weighted by Crippen LogP contribution is 2.32. The molecule has 0 spiro atoms. The predicted octanol–water partition coefficient (Wildman–Crippen LogP) is 5.58. The lowest BCUT2D eigenvalue weighted by Crippen LogP contribution is -2.54. The van der Waals surface area contributed by atoms with Gasteiger partial charge in [0.25, 0.3) is 10.0 Å². The van der Waals surface area contributed by atoms with E-state index in [4.69, 9.17) is 4.74 Å². The molecule has 0 bridgehead atoms. The van der Waals surface area contributed by atoms with Crippen molar-refractivity contribution in [1.82, 2.24) is 10.2 Å². The van der Waals surface area contributed by atoms with Gasteiger partial charge >= 0.3 is 0 Å². The van der Waals surface area contributed by atoms with Crippen LogP contribution in [0.25, 0.3) is 0 Å². The topological polar surface area (TPSA) is 96.0 Å². The van der Waals surface area contributed by atoms with Crippen LogP contribution >= 0.6 is 0 Å². The van der Waals surface area contributed by atoms with Crippen molar-refractivity contribution in [3.8, 4) is 5.75 Å². The van der Waals surface area contributed by atoms with Crippen LogP contribution in [0.5, 0.6) is 5.75 Å². The normalized spacial score (nSPS) is 12.5. The van der Waals surface area contributed by atoms with Crippen molar-refractivity contribution in [2.75, 3.05) is 18.0 Å². The zero-order valence-corrected chi connectivity index (χ0v) is 26.4. The number of hydrogen-bond acceptors (Lipinski definition) is 5.